The molecule has 0 aliphatic carbocycles. The number of rotatable bonds is 7. The van der Waals surface area contributed by atoms with Gasteiger partial charge in [-0.2, -0.15) is 4.98 Å². The van der Waals surface area contributed by atoms with Gasteiger partial charge in [-0.05, 0) is 12.1 Å². The van der Waals surface area contributed by atoms with Crippen LogP contribution in [0.4, 0.5) is 0 Å². The molecule has 0 radical (unpaired) electrons. The summed E-state index contributed by atoms with van der Waals surface area (Å²) >= 11 is 1.01. The highest BCUT2D eigenvalue weighted by atomic mass is 32.2. The fraction of sp³-hybridized carbons (Fsp3) is 0.214. The molecule has 110 valence electrons. The number of carbonyl (C=O) groups is 1. The fourth-order valence-electron chi connectivity index (χ4n) is 1.60. The molecule has 0 amide bonds. The predicted molar refractivity (Wildman–Crippen MR) is 78.8 cm³/mol. The zero-order valence-corrected chi connectivity index (χ0v) is 12.0. The van der Waals surface area contributed by atoms with Gasteiger partial charge in [-0.25, -0.2) is 0 Å². The number of carboxylic acids is 1. The summed E-state index contributed by atoms with van der Waals surface area (Å²) in [5.74, 6) is -0.341. The third kappa shape index (κ3) is 4.96. The highest BCUT2D eigenvalue weighted by molar-refractivity contribution is 7.99. The predicted octanol–water partition coefficient (Wildman–Crippen LogP) is 1.50. The number of aromatic nitrogens is 2. The van der Waals surface area contributed by atoms with Crippen molar-refractivity contribution < 1.29 is 14.6 Å². The van der Waals surface area contributed by atoms with Gasteiger partial charge in [0.25, 0.3) is 5.56 Å². The first-order valence-corrected chi connectivity index (χ1v) is 7.23. The summed E-state index contributed by atoms with van der Waals surface area (Å²) in [7, 11) is 0. The Morgan fingerprint density at radius 1 is 1.29 bits per heavy atom. The molecule has 1 N–H and O–H groups in total. The molecule has 2 aromatic rings. The van der Waals surface area contributed by atoms with Crippen molar-refractivity contribution in [1.82, 2.24) is 9.55 Å². The number of aliphatic carboxylic acids is 1. The summed E-state index contributed by atoms with van der Waals surface area (Å²) < 4.78 is 7.27. The van der Waals surface area contributed by atoms with Crippen molar-refractivity contribution in [2.75, 3.05) is 12.4 Å². The summed E-state index contributed by atoms with van der Waals surface area (Å²) in [5, 5.41) is 9.08. The molecule has 21 heavy (non-hydrogen) atoms. The zero-order valence-electron chi connectivity index (χ0n) is 11.1. The summed E-state index contributed by atoms with van der Waals surface area (Å²) in [6, 6.07) is 10.7. The molecule has 2 rings (SSSR count). The van der Waals surface area contributed by atoms with Crippen molar-refractivity contribution in [3.8, 4) is 5.75 Å². The Balaban J connectivity index is 1.98. The van der Waals surface area contributed by atoms with Crippen molar-refractivity contribution in [2.24, 2.45) is 0 Å². The van der Waals surface area contributed by atoms with Gasteiger partial charge in [0.2, 0.25) is 0 Å². The first kappa shape index (κ1) is 15.1. The molecule has 0 fully saturated rings. The van der Waals surface area contributed by atoms with Crippen LogP contribution in [0.5, 0.6) is 5.75 Å². The minimum atomic E-state index is -0.954. The number of ether oxygens (including phenoxy) is 1. The number of benzene rings is 1. The smallest absolute Gasteiger partial charge is 0.313 e. The van der Waals surface area contributed by atoms with Gasteiger partial charge in [-0.3, -0.25) is 9.59 Å². The van der Waals surface area contributed by atoms with E-state index in [2.05, 4.69) is 4.98 Å². The van der Waals surface area contributed by atoms with Crippen molar-refractivity contribution in [3.05, 3.63) is 52.9 Å². The van der Waals surface area contributed by atoms with Gasteiger partial charge in [0.05, 0.1) is 12.3 Å². The van der Waals surface area contributed by atoms with Crippen LogP contribution in [0.2, 0.25) is 0 Å². The number of hydrogen-bond donors (Lipinski definition) is 1. The molecular formula is C14H14N2O4S. The van der Waals surface area contributed by atoms with Crippen molar-refractivity contribution in [2.45, 2.75) is 11.7 Å². The molecule has 6 nitrogen and oxygen atoms in total. The topological polar surface area (TPSA) is 81.4 Å². The molecule has 0 unspecified atom stereocenters. The summed E-state index contributed by atoms with van der Waals surface area (Å²) in [6.45, 7) is 0.874. The quantitative estimate of drug-likeness (QED) is 0.616. The van der Waals surface area contributed by atoms with Gasteiger partial charge in [0, 0.05) is 12.3 Å². The van der Waals surface area contributed by atoms with E-state index in [0.717, 1.165) is 17.5 Å². The maximum Gasteiger partial charge on any atom is 0.313 e. The molecule has 0 aliphatic rings. The Bertz CT molecular complexity index is 658. The highest BCUT2D eigenvalue weighted by Crippen LogP contribution is 2.14. The molecule has 1 aromatic carbocycles. The van der Waals surface area contributed by atoms with E-state index in [1.54, 1.807) is 10.8 Å². The Morgan fingerprint density at radius 2 is 2.05 bits per heavy atom. The number of thioether (sulfide) groups is 1. The van der Waals surface area contributed by atoms with Gasteiger partial charge >= 0.3 is 5.97 Å². The van der Waals surface area contributed by atoms with E-state index in [1.807, 2.05) is 30.3 Å². The van der Waals surface area contributed by atoms with Crippen LogP contribution in [-0.2, 0) is 11.3 Å². The third-order valence-electron chi connectivity index (χ3n) is 2.52. The molecule has 7 heteroatoms. The van der Waals surface area contributed by atoms with E-state index in [4.69, 9.17) is 9.84 Å². The number of para-hydroxylation sites is 1. The summed E-state index contributed by atoms with van der Waals surface area (Å²) in [5.41, 5.74) is -0.386. The number of nitrogens with zero attached hydrogens (tertiary/aromatic N) is 2. The van der Waals surface area contributed by atoms with Crippen LogP contribution in [-0.4, -0.2) is 33.0 Å². The van der Waals surface area contributed by atoms with Crippen LogP contribution < -0.4 is 10.3 Å². The lowest BCUT2D eigenvalue weighted by Gasteiger charge is -2.11. The van der Waals surface area contributed by atoms with E-state index in [-0.39, 0.29) is 11.3 Å². The number of hydrogen-bond acceptors (Lipinski definition) is 5. The summed E-state index contributed by atoms with van der Waals surface area (Å²) in [6.07, 6.45) is 1.59. The van der Waals surface area contributed by atoms with Crippen molar-refractivity contribution >= 4 is 17.7 Å². The van der Waals surface area contributed by atoms with Gasteiger partial charge in [-0.15, -0.1) is 0 Å². The van der Waals surface area contributed by atoms with E-state index < -0.39 is 5.97 Å². The van der Waals surface area contributed by atoms with Gasteiger partial charge in [-0.1, -0.05) is 30.0 Å². The fourth-order valence-corrected chi connectivity index (χ4v) is 2.33. The van der Waals surface area contributed by atoms with Crippen LogP contribution in [0, 0.1) is 0 Å². The molecule has 0 spiro atoms. The standard InChI is InChI=1S/C14H14N2O4S/c17-12-6-7-16(14(15-12)21-10-13(18)19)8-9-20-11-4-2-1-3-5-11/h1-7H,8-10H2,(H,18,19). The highest BCUT2D eigenvalue weighted by Gasteiger charge is 2.07. The zero-order chi connectivity index (χ0) is 15.1. The maximum absolute atomic E-state index is 11.3. The average molecular weight is 306 g/mol. The second-order valence-corrected chi connectivity index (χ2v) is 5.03. The van der Waals surface area contributed by atoms with Gasteiger partial charge in [0.15, 0.2) is 5.16 Å². The molecule has 0 aliphatic heterocycles. The first-order valence-electron chi connectivity index (χ1n) is 6.25. The molecule has 0 saturated heterocycles. The van der Waals surface area contributed by atoms with Crippen LogP contribution in [0.1, 0.15) is 0 Å². The largest absolute Gasteiger partial charge is 0.492 e. The van der Waals surface area contributed by atoms with E-state index in [0.29, 0.717) is 18.3 Å². The monoisotopic (exact) mass is 306 g/mol. The molecule has 0 saturated carbocycles. The lowest BCUT2D eigenvalue weighted by Crippen LogP contribution is -2.17. The van der Waals surface area contributed by atoms with Crippen LogP contribution in [0.25, 0.3) is 0 Å². The minimum Gasteiger partial charge on any atom is -0.492 e. The Kier molecular flexibility index (Phi) is 5.39. The van der Waals surface area contributed by atoms with E-state index >= 15 is 0 Å². The second kappa shape index (κ2) is 7.49. The van der Waals surface area contributed by atoms with Gasteiger partial charge < -0.3 is 14.4 Å². The summed E-state index contributed by atoms with van der Waals surface area (Å²) in [4.78, 5) is 25.7. The SMILES string of the molecule is O=C(O)CSc1nc(=O)ccn1CCOc1ccccc1. The van der Waals surface area contributed by atoms with Crippen molar-refractivity contribution in [3.63, 3.8) is 0 Å². The third-order valence-corrected chi connectivity index (χ3v) is 3.49. The first-order chi connectivity index (χ1) is 10.1. The van der Waals surface area contributed by atoms with E-state index in [1.165, 1.54) is 6.07 Å². The average Bonchev–Trinajstić information content (AvgIpc) is 2.48. The Hall–Kier alpha value is -2.28. The molecule has 1 aromatic heterocycles. The molecule has 0 atom stereocenters. The second-order valence-electron chi connectivity index (χ2n) is 4.09. The molecule has 0 bridgehead atoms. The minimum absolute atomic E-state index is 0.143. The maximum atomic E-state index is 11.3. The molecule has 1 heterocycles. The lowest BCUT2D eigenvalue weighted by atomic mass is 10.3. The van der Waals surface area contributed by atoms with Crippen molar-refractivity contribution in [1.29, 1.82) is 0 Å². The van der Waals surface area contributed by atoms with Gasteiger partial charge in [0.1, 0.15) is 12.4 Å². The lowest BCUT2D eigenvalue weighted by molar-refractivity contribution is -0.133. The molecular weight excluding hydrogens is 292 g/mol. The van der Waals surface area contributed by atoms with Crippen LogP contribution in [0.15, 0.2) is 52.5 Å². The van der Waals surface area contributed by atoms with Crippen LogP contribution in [0.3, 0.4) is 0 Å². The normalized spacial score (nSPS) is 10.3. The Morgan fingerprint density at radius 3 is 2.76 bits per heavy atom. The van der Waals surface area contributed by atoms with Crippen LogP contribution >= 0.6 is 11.8 Å². The number of carboxylic acid groups (broad SMARTS) is 1. The van der Waals surface area contributed by atoms with E-state index in [9.17, 15) is 9.59 Å². The Labute approximate surface area is 125 Å².